The van der Waals surface area contributed by atoms with Crippen LogP contribution in [-0.2, 0) is 0 Å². The maximum absolute atomic E-state index is 4.20. The van der Waals surface area contributed by atoms with Gasteiger partial charge in [-0.05, 0) is 37.1 Å². The zero-order chi connectivity index (χ0) is 11.7. The highest BCUT2D eigenvalue weighted by Gasteiger charge is 2.34. The van der Waals surface area contributed by atoms with Crippen molar-refractivity contribution in [1.82, 2.24) is 20.5 Å². The van der Waals surface area contributed by atoms with Gasteiger partial charge in [-0.3, -0.25) is 10.4 Å². The SMILES string of the molecule is CC(NC(c1cccs1)C1CC1)c1ncn[nH]1. The van der Waals surface area contributed by atoms with Crippen molar-refractivity contribution >= 4 is 11.3 Å². The van der Waals surface area contributed by atoms with Gasteiger partial charge in [-0.15, -0.1) is 11.3 Å². The van der Waals surface area contributed by atoms with Crippen molar-refractivity contribution in [1.29, 1.82) is 0 Å². The Bertz CT molecular complexity index is 447. The predicted octanol–water partition coefficient (Wildman–Crippen LogP) is 2.67. The lowest BCUT2D eigenvalue weighted by atomic mass is 10.1. The van der Waals surface area contributed by atoms with Crippen LogP contribution >= 0.6 is 11.3 Å². The van der Waals surface area contributed by atoms with Crippen molar-refractivity contribution < 1.29 is 0 Å². The third kappa shape index (κ3) is 2.40. The van der Waals surface area contributed by atoms with Crippen LogP contribution in [0.25, 0.3) is 0 Å². The average molecular weight is 248 g/mol. The van der Waals surface area contributed by atoms with Crippen molar-refractivity contribution in [2.75, 3.05) is 0 Å². The molecule has 2 atom stereocenters. The van der Waals surface area contributed by atoms with E-state index in [9.17, 15) is 0 Å². The second kappa shape index (κ2) is 4.58. The molecule has 90 valence electrons. The van der Waals surface area contributed by atoms with Crippen LogP contribution in [-0.4, -0.2) is 15.2 Å². The van der Waals surface area contributed by atoms with Crippen molar-refractivity contribution in [3.8, 4) is 0 Å². The minimum absolute atomic E-state index is 0.213. The molecule has 0 amide bonds. The average Bonchev–Trinajstić information content (AvgIpc) is 2.87. The number of thiophene rings is 1. The van der Waals surface area contributed by atoms with Crippen LogP contribution in [0.15, 0.2) is 23.8 Å². The lowest BCUT2D eigenvalue weighted by Gasteiger charge is -2.20. The van der Waals surface area contributed by atoms with Gasteiger partial charge in [0.2, 0.25) is 0 Å². The van der Waals surface area contributed by atoms with Gasteiger partial charge in [0.05, 0.1) is 6.04 Å². The Balaban J connectivity index is 1.73. The van der Waals surface area contributed by atoms with Crippen LogP contribution in [0.4, 0.5) is 0 Å². The van der Waals surface area contributed by atoms with Crippen LogP contribution in [0.1, 0.15) is 42.6 Å². The Labute approximate surface area is 104 Å². The number of aromatic amines is 1. The second-order valence-electron chi connectivity index (χ2n) is 4.59. The standard InChI is InChI=1S/C12H16N4S/c1-8(12-13-7-14-16-12)15-11(9-4-5-9)10-3-2-6-17-10/h2-3,6-9,11,15H,4-5H2,1H3,(H,13,14,16). The van der Waals surface area contributed by atoms with Gasteiger partial charge in [-0.1, -0.05) is 6.07 Å². The molecule has 0 radical (unpaired) electrons. The van der Waals surface area contributed by atoms with Gasteiger partial charge in [0.15, 0.2) is 0 Å². The highest BCUT2D eigenvalue weighted by molar-refractivity contribution is 7.10. The molecule has 2 aromatic heterocycles. The topological polar surface area (TPSA) is 53.6 Å². The fraction of sp³-hybridized carbons (Fsp3) is 0.500. The molecule has 0 aromatic carbocycles. The summed E-state index contributed by atoms with van der Waals surface area (Å²) in [7, 11) is 0. The minimum atomic E-state index is 0.213. The Kier molecular flexibility index (Phi) is 2.94. The summed E-state index contributed by atoms with van der Waals surface area (Å²) in [5, 5.41) is 12.6. The molecule has 2 N–H and O–H groups in total. The van der Waals surface area contributed by atoms with Crippen molar-refractivity contribution in [3.05, 3.63) is 34.5 Å². The molecule has 0 aliphatic heterocycles. The van der Waals surface area contributed by atoms with E-state index in [1.807, 2.05) is 11.3 Å². The number of aromatic nitrogens is 3. The minimum Gasteiger partial charge on any atom is -0.300 e. The van der Waals surface area contributed by atoms with E-state index in [0.717, 1.165) is 11.7 Å². The lowest BCUT2D eigenvalue weighted by Crippen LogP contribution is -2.26. The molecule has 1 aliphatic rings. The van der Waals surface area contributed by atoms with Crippen LogP contribution in [0.3, 0.4) is 0 Å². The molecule has 1 fully saturated rings. The fourth-order valence-corrected chi connectivity index (χ4v) is 3.00. The van der Waals surface area contributed by atoms with Gasteiger partial charge in [-0.25, -0.2) is 4.98 Å². The summed E-state index contributed by atoms with van der Waals surface area (Å²) in [4.78, 5) is 5.63. The first-order valence-electron chi connectivity index (χ1n) is 5.99. The van der Waals surface area contributed by atoms with E-state index in [1.54, 1.807) is 6.33 Å². The molecule has 2 heterocycles. The number of hydrogen-bond donors (Lipinski definition) is 2. The van der Waals surface area contributed by atoms with E-state index in [1.165, 1.54) is 17.7 Å². The van der Waals surface area contributed by atoms with Crippen molar-refractivity contribution in [2.24, 2.45) is 5.92 Å². The molecule has 0 bridgehead atoms. The summed E-state index contributed by atoms with van der Waals surface area (Å²) in [6, 6.07) is 5.02. The molecular formula is C12H16N4S. The smallest absolute Gasteiger partial charge is 0.141 e. The molecule has 4 nitrogen and oxygen atoms in total. The van der Waals surface area contributed by atoms with Gasteiger partial charge >= 0.3 is 0 Å². The highest BCUT2D eigenvalue weighted by atomic mass is 32.1. The quantitative estimate of drug-likeness (QED) is 0.855. The molecule has 5 heteroatoms. The molecule has 2 unspecified atom stereocenters. The molecule has 1 saturated carbocycles. The first kappa shape index (κ1) is 10.9. The zero-order valence-corrected chi connectivity index (χ0v) is 10.6. The van der Waals surface area contributed by atoms with Gasteiger partial charge < -0.3 is 0 Å². The van der Waals surface area contributed by atoms with Gasteiger partial charge in [0, 0.05) is 10.9 Å². The Morgan fingerprint density at radius 1 is 1.53 bits per heavy atom. The van der Waals surface area contributed by atoms with Crippen molar-refractivity contribution in [2.45, 2.75) is 31.8 Å². The molecule has 0 spiro atoms. The first-order valence-corrected chi connectivity index (χ1v) is 6.87. The van der Waals surface area contributed by atoms with E-state index in [4.69, 9.17) is 0 Å². The van der Waals surface area contributed by atoms with Crippen LogP contribution in [0.2, 0.25) is 0 Å². The van der Waals surface area contributed by atoms with Crippen molar-refractivity contribution in [3.63, 3.8) is 0 Å². The third-order valence-corrected chi connectivity index (χ3v) is 4.17. The Morgan fingerprint density at radius 2 is 2.41 bits per heavy atom. The Morgan fingerprint density at radius 3 is 3.00 bits per heavy atom. The molecular weight excluding hydrogens is 232 g/mol. The van der Waals surface area contributed by atoms with Crippen LogP contribution < -0.4 is 5.32 Å². The van der Waals surface area contributed by atoms with Crippen LogP contribution in [0.5, 0.6) is 0 Å². The number of rotatable bonds is 5. The van der Waals surface area contributed by atoms with Gasteiger partial charge in [0.25, 0.3) is 0 Å². The number of nitrogens with one attached hydrogen (secondary N) is 2. The lowest BCUT2D eigenvalue weighted by molar-refractivity contribution is 0.422. The summed E-state index contributed by atoms with van der Waals surface area (Å²) in [5.41, 5.74) is 0. The van der Waals surface area contributed by atoms with E-state index < -0.39 is 0 Å². The maximum Gasteiger partial charge on any atom is 0.141 e. The number of nitrogens with zero attached hydrogens (tertiary/aromatic N) is 2. The summed E-state index contributed by atoms with van der Waals surface area (Å²) >= 11 is 1.83. The van der Waals surface area contributed by atoms with E-state index in [-0.39, 0.29) is 6.04 Å². The second-order valence-corrected chi connectivity index (χ2v) is 5.57. The largest absolute Gasteiger partial charge is 0.300 e. The Hall–Kier alpha value is -1.20. The third-order valence-electron chi connectivity index (χ3n) is 3.22. The normalized spacial score (nSPS) is 19.1. The molecule has 2 aromatic rings. The molecule has 3 rings (SSSR count). The molecule has 1 aliphatic carbocycles. The highest BCUT2D eigenvalue weighted by Crippen LogP contribution is 2.43. The molecule has 17 heavy (non-hydrogen) atoms. The van der Waals surface area contributed by atoms with E-state index >= 15 is 0 Å². The molecule has 0 saturated heterocycles. The zero-order valence-electron chi connectivity index (χ0n) is 9.76. The summed E-state index contributed by atoms with van der Waals surface area (Å²) in [5.74, 6) is 1.70. The number of hydrogen-bond acceptors (Lipinski definition) is 4. The van der Waals surface area contributed by atoms with E-state index in [0.29, 0.717) is 6.04 Å². The maximum atomic E-state index is 4.20. The summed E-state index contributed by atoms with van der Waals surface area (Å²) < 4.78 is 0. The predicted molar refractivity (Wildman–Crippen MR) is 67.7 cm³/mol. The fourth-order valence-electron chi connectivity index (χ4n) is 2.12. The van der Waals surface area contributed by atoms with Crippen LogP contribution in [0, 0.1) is 5.92 Å². The van der Waals surface area contributed by atoms with Gasteiger partial charge in [0.1, 0.15) is 12.2 Å². The first-order chi connectivity index (χ1) is 8.34. The number of H-pyrrole nitrogens is 1. The summed E-state index contributed by atoms with van der Waals surface area (Å²) in [6.07, 6.45) is 4.22. The van der Waals surface area contributed by atoms with E-state index in [2.05, 4.69) is 44.9 Å². The van der Waals surface area contributed by atoms with Gasteiger partial charge in [-0.2, -0.15) is 5.10 Å². The summed E-state index contributed by atoms with van der Waals surface area (Å²) in [6.45, 7) is 2.13. The monoisotopic (exact) mass is 248 g/mol.